The predicted octanol–water partition coefficient (Wildman–Crippen LogP) is 1.87. The van der Waals surface area contributed by atoms with E-state index in [4.69, 9.17) is 33.3 Å². The molecule has 6 nitrogen and oxygen atoms in total. The predicted molar refractivity (Wildman–Crippen MR) is 78.0 cm³/mol. The zero-order valence-electron chi connectivity index (χ0n) is 10.1. The Kier molecular flexibility index (Phi) is 2.48. The molecule has 2 N–H and O–H groups in total. The molecule has 0 amide bonds. The van der Waals surface area contributed by atoms with Crippen LogP contribution in [0.4, 0.5) is 0 Å². The van der Waals surface area contributed by atoms with E-state index in [0.717, 1.165) is 11.5 Å². The number of fused-ring (bicyclic) bond motifs is 1. The molecule has 0 bridgehead atoms. The fourth-order valence-corrected chi connectivity index (χ4v) is 3.05. The zero-order chi connectivity index (χ0) is 13.7. The Hall–Kier alpha value is -2.06. The number of furan rings is 2. The maximum absolute atomic E-state index is 5.45. The standard InChI is InChI=1S/C12H10N4O2S2/c19-11-13-9(7-3-1-5-17-7)15-12(20)14-10(16(11)15)8-4-2-6-18-8/h1-6,9-10H,(H,13,19)(H,14,20). The highest BCUT2D eigenvalue weighted by atomic mass is 32.1. The van der Waals surface area contributed by atoms with Crippen molar-refractivity contribution in [3.05, 3.63) is 48.3 Å². The topological polar surface area (TPSA) is 56.8 Å². The largest absolute Gasteiger partial charge is 0.465 e. The molecule has 4 rings (SSSR count). The number of thiocarbonyl (C=S) groups is 2. The summed E-state index contributed by atoms with van der Waals surface area (Å²) in [7, 11) is 0. The van der Waals surface area contributed by atoms with Gasteiger partial charge in [0.05, 0.1) is 12.5 Å². The Morgan fingerprint density at radius 1 is 0.850 bits per heavy atom. The molecule has 2 aromatic heterocycles. The van der Waals surface area contributed by atoms with Crippen molar-refractivity contribution in [1.82, 2.24) is 20.7 Å². The quantitative estimate of drug-likeness (QED) is 0.816. The van der Waals surface area contributed by atoms with Crippen LogP contribution in [0.5, 0.6) is 0 Å². The average molecular weight is 306 g/mol. The van der Waals surface area contributed by atoms with Crippen molar-refractivity contribution in [2.45, 2.75) is 12.3 Å². The van der Waals surface area contributed by atoms with Crippen LogP contribution in [0, 0.1) is 0 Å². The molecule has 102 valence electrons. The maximum Gasteiger partial charge on any atom is 0.192 e. The van der Waals surface area contributed by atoms with Crippen LogP contribution in [0.3, 0.4) is 0 Å². The van der Waals surface area contributed by atoms with E-state index >= 15 is 0 Å². The summed E-state index contributed by atoms with van der Waals surface area (Å²) in [6.45, 7) is 0. The molecule has 2 fully saturated rings. The van der Waals surface area contributed by atoms with Crippen molar-refractivity contribution in [1.29, 1.82) is 0 Å². The molecule has 2 atom stereocenters. The summed E-state index contributed by atoms with van der Waals surface area (Å²) >= 11 is 10.8. The molecule has 4 heterocycles. The van der Waals surface area contributed by atoms with E-state index in [1.165, 1.54) is 0 Å². The molecule has 0 aromatic carbocycles. The summed E-state index contributed by atoms with van der Waals surface area (Å²) < 4.78 is 10.9. The third-order valence-corrected chi connectivity index (χ3v) is 3.89. The van der Waals surface area contributed by atoms with Crippen LogP contribution >= 0.6 is 24.4 Å². The van der Waals surface area contributed by atoms with Crippen molar-refractivity contribution in [3.8, 4) is 0 Å². The molecule has 0 radical (unpaired) electrons. The summed E-state index contributed by atoms with van der Waals surface area (Å²) in [5.41, 5.74) is 0. The summed E-state index contributed by atoms with van der Waals surface area (Å²) in [6.07, 6.45) is 2.77. The van der Waals surface area contributed by atoms with E-state index in [1.807, 2.05) is 34.3 Å². The highest BCUT2D eigenvalue weighted by molar-refractivity contribution is 7.80. The van der Waals surface area contributed by atoms with Gasteiger partial charge in [0.15, 0.2) is 22.6 Å². The van der Waals surface area contributed by atoms with Gasteiger partial charge in [-0.1, -0.05) is 0 Å². The smallest absolute Gasteiger partial charge is 0.192 e. The lowest BCUT2D eigenvalue weighted by molar-refractivity contribution is 0.0940. The van der Waals surface area contributed by atoms with Crippen LogP contribution in [0.1, 0.15) is 23.9 Å². The Labute approximate surface area is 125 Å². The minimum absolute atomic E-state index is 0.238. The van der Waals surface area contributed by atoms with Gasteiger partial charge in [-0.2, -0.15) is 0 Å². The van der Waals surface area contributed by atoms with Crippen LogP contribution < -0.4 is 10.6 Å². The first-order valence-electron chi connectivity index (χ1n) is 6.02. The minimum Gasteiger partial charge on any atom is -0.465 e. The Bertz CT molecular complexity index is 597. The first-order valence-corrected chi connectivity index (χ1v) is 6.83. The van der Waals surface area contributed by atoms with Crippen molar-refractivity contribution < 1.29 is 8.83 Å². The normalized spacial score (nSPS) is 24.8. The first kappa shape index (κ1) is 11.7. The third-order valence-electron chi connectivity index (χ3n) is 3.28. The van der Waals surface area contributed by atoms with Crippen molar-refractivity contribution >= 4 is 34.7 Å². The third kappa shape index (κ3) is 1.55. The molecule has 0 saturated carbocycles. The monoisotopic (exact) mass is 306 g/mol. The van der Waals surface area contributed by atoms with Crippen LogP contribution in [-0.4, -0.2) is 20.2 Å². The second kappa shape index (κ2) is 4.22. The lowest BCUT2D eigenvalue weighted by Crippen LogP contribution is -2.35. The average Bonchev–Trinajstić information content (AvgIpc) is 3.17. The molecular weight excluding hydrogens is 296 g/mol. The molecule has 2 unspecified atom stereocenters. The van der Waals surface area contributed by atoms with Gasteiger partial charge in [-0.3, -0.25) is 0 Å². The van der Waals surface area contributed by atoms with Crippen molar-refractivity contribution in [3.63, 3.8) is 0 Å². The molecule has 0 spiro atoms. The molecule has 2 aliphatic heterocycles. The molecular formula is C12H10N4O2S2. The number of hydrogen-bond donors (Lipinski definition) is 2. The van der Waals surface area contributed by atoms with E-state index in [-0.39, 0.29) is 12.3 Å². The molecule has 2 aromatic rings. The molecule has 8 heteroatoms. The van der Waals surface area contributed by atoms with Gasteiger partial charge < -0.3 is 19.5 Å². The van der Waals surface area contributed by atoms with Crippen LogP contribution in [0.2, 0.25) is 0 Å². The van der Waals surface area contributed by atoms with Crippen molar-refractivity contribution in [2.24, 2.45) is 0 Å². The van der Waals surface area contributed by atoms with Gasteiger partial charge in [0.25, 0.3) is 0 Å². The molecule has 2 aliphatic rings. The summed E-state index contributed by atoms with van der Waals surface area (Å²) in [6, 6.07) is 7.43. The molecule has 2 saturated heterocycles. The number of hydrazine groups is 1. The van der Waals surface area contributed by atoms with E-state index in [9.17, 15) is 0 Å². The summed E-state index contributed by atoms with van der Waals surface area (Å²) in [4.78, 5) is 0. The highest BCUT2D eigenvalue weighted by Gasteiger charge is 2.49. The highest BCUT2D eigenvalue weighted by Crippen LogP contribution is 2.36. The first-order chi connectivity index (χ1) is 9.75. The van der Waals surface area contributed by atoms with Gasteiger partial charge in [0, 0.05) is 0 Å². The van der Waals surface area contributed by atoms with Crippen molar-refractivity contribution in [2.75, 3.05) is 0 Å². The van der Waals surface area contributed by atoms with E-state index in [1.54, 1.807) is 12.5 Å². The Morgan fingerprint density at radius 2 is 1.30 bits per heavy atom. The second-order valence-corrected chi connectivity index (χ2v) is 5.20. The zero-order valence-corrected chi connectivity index (χ0v) is 11.8. The lowest BCUT2D eigenvalue weighted by atomic mass is 10.3. The van der Waals surface area contributed by atoms with Crippen LogP contribution in [0.25, 0.3) is 0 Å². The lowest BCUT2D eigenvalue weighted by Gasteiger charge is -2.24. The SMILES string of the molecule is S=C1NC(c2ccco2)N2C(=S)NC(c3ccco3)N12. The van der Waals surface area contributed by atoms with Crippen LogP contribution in [0.15, 0.2) is 45.6 Å². The fraction of sp³-hybridized carbons (Fsp3) is 0.167. The number of rotatable bonds is 2. The minimum atomic E-state index is -0.238. The van der Waals surface area contributed by atoms with Gasteiger partial charge in [0.1, 0.15) is 11.5 Å². The number of hydrogen-bond acceptors (Lipinski definition) is 4. The second-order valence-electron chi connectivity index (χ2n) is 4.42. The summed E-state index contributed by atoms with van der Waals surface area (Å²) in [5, 5.41) is 11.3. The van der Waals surface area contributed by atoms with E-state index < -0.39 is 0 Å². The van der Waals surface area contributed by atoms with Gasteiger partial charge in [-0.05, 0) is 48.7 Å². The Morgan fingerprint density at radius 3 is 1.65 bits per heavy atom. The fourth-order valence-electron chi connectivity index (χ4n) is 2.44. The molecule has 20 heavy (non-hydrogen) atoms. The number of nitrogens with one attached hydrogen (secondary N) is 2. The number of nitrogens with zero attached hydrogens (tertiary/aromatic N) is 2. The van der Waals surface area contributed by atoms with E-state index in [0.29, 0.717) is 10.2 Å². The van der Waals surface area contributed by atoms with Gasteiger partial charge in [-0.15, -0.1) is 0 Å². The summed E-state index contributed by atoms with van der Waals surface area (Å²) in [5.74, 6) is 1.50. The van der Waals surface area contributed by atoms with Gasteiger partial charge in [-0.25, -0.2) is 10.0 Å². The van der Waals surface area contributed by atoms with Gasteiger partial charge >= 0.3 is 0 Å². The van der Waals surface area contributed by atoms with E-state index in [2.05, 4.69) is 10.6 Å². The van der Waals surface area contributed by atoms with Crippen LogP contribution in [-0.2, 0) is 0 Å². The van der Waals surface area contributed by atoms with Gasteiger partial charge in [0.2, 0.25) is 0 Å². The Balaban J connectivity index is 1.73. The molecule has 0 aliphatic carbocycles. The maximum atomic E-state index is 5.45.